The van der Waals surface area contributed by atoms with Gasteiger partial charge in [0.1, 0.15) is 47.1 Å². The smallest absolute Gasteiger partial charge is 0.417 e. The number of hydrogen-bond donors (Lipinski definition) is 2. The van der Waals surface area contributed by atoms with Crippen LogP contribution in [0.5, 0.6) is 11.9 Å². The Bertz CT molecular complexity index is 1640. The van der Waals surface area contributed by atoms with Crippen LogP contribution in [0.3, 0.4) is 0 Å². The summed E-state index contributed by atoms with van der Waals surface area (Å²) in [6.07, 6.45) is -4.37. The minimum absolute atomic E-state index is 0.0811. The Labute approximate surface area is 248 Å². The molecule has 236 valence electrons. The molecule has 15 heteroatoms. The van der Waals surface area contributed by atoms with Crippen LogP contribution in [-0.2, 0) is 6.18 Å². The molecule has 3 N–H and O–H groups in total. The number of nitrogens with one attached hydrogen (secondary N) is 1. The summed E-state index contributed by atoms with van der Waals surface area (Å²) in [5, 5.41) is 3.39. The van der Waals surface area contributed by atoms with Gasteiger partial charge in [-0.15, -0.1) is 0 Å². The van der Waals surface area contributed by atoms with E-state index in [1.807, 2.05) is 4.90 Å². The summed E-state index contributed by atoms with van der Waals surface area (Å²) in [6.45, 7) is 4.74. The largest absolute Gasteiger partial charge is 0.472 e. The third-order valence-corrected chi connectivity index (χ3v) is 9.29. The van der Waals surface area contributed by atoms with Crippen molar-refractivity contribution in [1.82, 2.24) is 25.2 Å². The zero-order valence-corrected chi connectivity index (χ0v) is 24.0. The van der Waals surface area contributed by atoms with Crippen LogP contribution in [0.15, 0.2) is 6.07 Å². The van der Waals surface area contributed by atoms with E-state index in [2.05, 4.69) is 25.2 Å². The SMILES string of the molecule is Cc1c(F)c(N)cc(-c2nc3c4c(nc(OC[C@@H]5CC[C@@H]6C[C@@H](F)CN65)nc4c2F)N2CCNC[C@H]2[C@H](C)O3)c1C(F)(F)F. The maximum atomic E-state index is 16.6. The first-order chi connectivity index (χ1) is 20.9. The highest BCUT2D eigenvalue weighted by molar-refractivity contribution is 5.97. The summed E-state index contributed by atoms with van der Waals surface area (Å²) < 4.78 is 100. The minimum Gasteiger partial charge on any atom is -0.472 e. The summed E-state index contributed by atoms with van der Waals surface area (Å²) in [5.41, 5.74) is 1.14. The Morgan fingerprint density at radius 3 is 2.73 bits per heavy atom. The molecule has 1 aromatic carbocycles. The van der Waals surface area contributed by atoms with Crippen LogP contribution in [0.1, 0.15) is 37.3 Å². The predicted octanol–water partition coefficient (Wildman–Crippen LogP) is 4.39. The molecular weight excluding hydrogens is 592 g/mol. The third kappa shape index (κ3) is 4.66. The van der Waals surface area contributed by atoms with Crippen molar-refractivity contribution in [3.63, 3.8) is 0 Å². The quantitative estimate of drug-likeness (QED) is 0.324. The van der Waals surface area contributed by atoms with Gasteiger partial charge in [0.05, 0.1) is 17.3 Å². The zero-order chi connectivity index (χ0) is 31.1. The van der Waals surface area contributed by atoms with E-state index in [0.717, 1.165) is 25.8 Å². The maximum absolute atomic E-state index is 16.6. The van der Waals surface area contributed by atoms with Crippen molar-refractivity contribution in [2.24, 2.45) is 0 Å². The molecule has 0 bridgehead atoms. The first kappa shape index (κ1) is 29.1. The van der Waals surface area contributed by atoms with Crippen molar-refractivity contribution >= 4 is 22.4 Å². The molecule has 4 aliphatic heterocycles. The van der Waals surface area contributed by atoms with Crippen LogP contribution >= 0.6 is 0 Å². The van der Waals surface area contributed by atoms with Gasteiger partial charge in [-0.25, -0.2) is 18.2 Å². The van der Waals surface area contributed by atoms with Crippen LogP contribution < -0.4 is 25.4 Å². The van der Waals surface area contributed by atoms with E-state index in [-0.39, 0.29) is 53.3 Å². The summed E-state index contributed by atoms with van der Waals surface area (Å²) in [4.78, 5) is 17.2. The number of aromatic nitrogens is 3. The summed E-state index contributed by atoms with van der Waals surface area (Å²) in [5.74, 6) is -2.30. The zero-order valence-electron chi connectivity index (χ0n) is 24.0. The molecule has 6 heterocycles. The second-order valence-corrected chi connectivity index (χ2v) is 12.0. The molecule has 0 amide bonds. The number of anilines is 2. The van der Waals surface area contributed by atoms with E-state index in [4.69, 9.17) is 15.2 Å². The molecule has 44 heavy (non-hydrogen) atoms. The molecule has 3 saturated heterocycles. The fourth-order valence-electron chi connectivity index (χ4n) is 7.19. The number of halogens is 6. The van der Waals surface area contributed by atoms with Crippen molar-refractivity contribution in [1.29, 1.82) is 0 Å². The first-order valence-electron chi connectivity index (χ1n) is 14.7. The summed E-state index contributed by atoms with van der Waals surface area (Å²) in [7, 11) is 0. The Kier molecular flexibility index (Phi) is 6.95. The van der Waals surface area contributed by atoms with Gasteiger partial charge in [0.15, 0.2) is 5.82 Å². The number of hydrogen-bond acceptors (Lipinski definition) is 9. The van der Waals surface area contributed by atoms with Crippen molar-refractivity contribution in [2.75, 3.05) is 43.4 Å². The highest BCUT2D eigenvalue weighted by atomic mass is 19.4. The molecule has 0 aliphatic carbocycles. The van der Waals surface area contributed by atoms with Crippen LogP contribution in [0.4, 0.5) is 37.8 Å². The molecule has 0 radical (unpaired) electrons. The second kappa shape index (κ2) is 10.5. The standard InChI is InChI=1S/C29H31F6N7O2/c1-12-21(29(33,34)35)17(8-18(36)22(12)31)24-23(32)25-20-26(41-6-5-37-9-19(41)13(2)44-27(20)38-24)40-28(39-25)43-11-16-4-3-15-7-14(30)10-42(15)16/h8,13-16,19,37H,3-7,9-11,36H2,1-2H3/t13-,14+,15+,16-,19-/m0/s1. The molecule has 0 unspecified atom stereocenters. The first-order valence-corrected chi connectivity index (χ1v) is 14.7. The number of ether oxygens (including phenoxy) is 2. The van der Waals surface area contributed by atoms with E-state index >= 15 is 4.39 Å². The van der Waals surface area contributed by atoms with E-state index in [1.165, 1.54) is 0 Å². The highest BCUT2D eigenvalue weighted by Crippen LogP contribution is 2.46. The average Bonchev–Trinajstić information content (AvgIpc) is 3.50. The highest BCUT2D eigenvalue weighted by Gasteiger charge is 2.43. The molecular formula is C29H31F6N7O2. The van der Waals surface area contributed by atoms with Crippen molar-refractivity contribution in [2.45, 2.75) is 69.7 Å². The van der Waals surface area contributed by atoms with Gasteiger partial charge in [-0.2, -0.15) is 23.1 Å². The minimum atomic E-state index is -5.05. The van der Waals surface area contributed by atoms with E-state index in [1.54, 1.807) is 6.92 Å². The maximum Gasteiger partial charge on any atom is 0.417 e. The number of nitrogens with zero attached hydrogens (tertiary/aromatic N) is 5. The third-order valence-electron chi connectivity index (χ3n) is 9.29. The summed E-state index contributed by atoms with van der Waals surface area (Å²) >= 11 is 0. The summed E-state index contributed by atoms with van der Waals surface area (Å²) in [6, 6.07) is 0.344. The average molecular weight is 624 g/mol. The van der Waals surface area contributed by atoms with Gasteiger partial charge in [0.2, 0.25) is 5.88 Å². The van der Waals surface area contributed by atoms with E-state index < -0.39 is 58.2 Å². The number of nitrogens with two attached hydrogens (primary N) is 1. The number of alkyl halides is 4. The van der Waals surface area contributed by atoms with Gasteiger partial charge < -0.3 is 25.4 Å². The molecule has 4 aliphatic rings. The monoisotopic (exact) mass is 623 g/mol. The Morgan fingerprint density at radius 1 is 1.16 bits per heavy atom. The molecule has 0 saturated carbocycles. The van der Waals surface area contributed by atoms with Gasteiger partial charge in [0.25, 0.3) is 0 Å². The topological polar surface area (TPSA) is 102 Å². The fraction of sp³-hybridized carbons (Fsp3) is 0.552. The predicted molar refractivity (Wildman–Crippen MR) is 149 cm³/mol. The molecule has 0 spiro atoms. The normalized spacial score (nSPS) is 26.8. The molecule has 5 atom stereocenters. The number of pyridine rings is 1. The Morgan fingerprint density at radius 2 is 1.95 bits per heavy atom. The van der Waals surface area contributed by atoms with Crippen molar-refractivity contribution in [3.8, 4) is 23.1 Å². The van der Waals surface area contributed by atoms with Crippen LogP contribution in [0.2, 0.25) is 0 Å². The number of benzene rings is 1. The van der Waals surface area contributed by atoms with E-state index in [9.17, 15) is 22.0 Å². The lowest BCUT2D eigenvalue weighted by Crippen LogP contribution is -2.56. The number of rotatable bonds is 4. The van der Waals surface area contributed by atoms with Gasteiger partial charge in [0, 0.05) is 43.8 Å². The molecule has 3 aromatic rings. The van der Waals surface area contributed by atoms with E-state index in [0.29, 0.717) is 32.6 Å². The van der Waals surface area contributed by atoms with Gasteiger partial charge in [-0.1, -0.05) is 0 Å². The lowest BCUT2D eigenvalue weighted by molar-refractivity contribution is -0.137. The fourth-order valence-corrected chi connectivity index (χ4v) is 7.19. The lowest BCUT2D eigenvalue weighted by Gasteiger charge is -2.38. The molecule has 3 fully saturated rings. The van der Waals surface area contributed by atoms with Crippen molar-refractivity contribution in [3.05, 3.63) is 28.8 Å². The molecule has 9 nitrogen and oxygen atoms in total. The van der Waals surface area contributed by atoms with Gasteiger partial charge >= 0.3 is 12.2 Å². The number of piperazine rings is 1. The Hall–Kier alpha value is -3.59. The van der Waals surface area contributed by atoms with Crippen LogP contribution in [-0.4, -0.2) is 83.0 Å². The van der Waals surface area contributed by atoms with Crippen LogP contribution in [0, 0.1) is 18.6 Å². The number of nitrogen functional groups attached to an aromatic ring is 1. The lowest BCUT2D eigenvalue weighted by atomic mass is 9.96. The van der Waals surface area contributed by atoms with Crippen molar-refractivity contribution < 1.29 is 35.8 Å². The van der Waals surface area contributed by atoms with Crippen LogP contribution in [0.25, 0.3) is 22.2 Å². The molecule has 2 aromatic heterocycles. The van der Waals surface area contributed by atoms with Gasteiger partial charge in [-0.05, 0) is 44.7 Å². The number of fused-ring (bicyclic) bond motifs is 3. The molecule has 7 rings (SSSR count). The Balaban J connectivity index is 1.40. The second-order valence-electron chi connectivity index (χ2n) is 12.0. The van der Waals surface area contributed by atoms with Gasteiger partial charge in [-0.3, -0.25) is 4.90 Å².